The number of allylic oxidation sites excluding steroid dienone is 1. The highest BCUT2D eigenvalue weighted by Crippen LogP contribution is 2.61. The molecule has 1 heterocycles. The molecule has 3 atom stereocenters. The average Bonchev–Trinajstić information content (AvgIpc) is 1.55. The number of benzene rings is 3. The van der Waals surface area contributed by atoms with Crippen LogP contribution in [0.2, 0.25) is 0 Å². The third-order valence-corrected chi connectivity index (χ3v) is 17.7. The molecule has 3 unspecified atom stereocenters. The molecule has 23 nitrogen and oxygen atoms in total. The van der Waals surface area contributed by atoms with Gasteiger partial charge < -0.3 is 52.1 Å². The third-order valence-electron chi connectivity index (χ3n) is 15.1. The molecule has 92 heavy (non-hydrogen) atoms. The fourth-order valence-corrected chi connectivity index (χ4v) is 12.4. The lowest BCUT2D eigenvalue weighted by Gasteiger charge is -2.27. The number of carbonyl (C=O) groups is 10. The first-order chi connectivity index (χ1) is 44.1. The molecule has 0 aromatic heterocycles. The van der Waals surface area contributed by atoms with Crippen molar-refractivity contribution in [3.8, 4) is 35.1 Å². The largest absolute Gasteiger partial charge is 0.465 e. The maximum atomic E-state index is 13.9. The second-order valence-electron chi connectivity index (χ2n) is 22.1. The highest BCUT2D eigenvalue weighted by Gasteiger charge is 2.39. The molecule has 2 fully saturated rings. The molecule has 0 N–H and O–H groups in total. The fraction of sp³-hybridized carbons (Fsp3) is 0.463. The van der Waals surface area contributed by atoms with Crippen molar-refractivity contribution in [2.45, 2.75) is 153 Å². The number of thioether (sulfide) groups is 2. The summed E-state index contributed by atoms with van der Waals surface area (Å²) in [5.74, 6) is -6.61. The summed E-state index contributed by atoms with van der Waals surface area (Å²) in [5.41, 5.74) is 2.45. The Labute approximate surface area is 541 Å². The normalized spacial score (nSPS) is 17.4. The van der Waals surface area contributed by atoms with Gasteiger partial charge in [0, 0.05) is 25.0 Å². The predicted molar refractivity (Wildman–Crippen MR) is 329 cm³/mol. The Morgan fingerprint density at radius 2 is 0.826 bits per heavy atom. The Morgan fingerprint density at radius 3 is 1.18 bits per heavy atom. The minimum Gasteiger partial charge on any atom is -0.465 e. The number of rotatable bonds is 31. The zero-order chi connectivity index (χ0) is 66.9. The lowest BCUT2D eigenvalue weighted by Crippen LogP contribution is -2.31. The molecule has 3 aromatic carbocycles. The summed E-state index contributed by atoms with van der Waals surface area (Å²) in [7, 11) is 0. The number of fused-ring (bicyclic) bond motifs is 1. The van der Waals surface area contributed by atoms with Crippen LogP contribution < -0.4 is 18.9 Å². The lowest BCUT2D eigenvalue weighted by atomic mass is 9.82. The monoisotopic (exact) mass is 1310 g/mol. The molecule has 1 aliphatic heterocycles. The zero-order valence-electron chi connectivity index (χ0n) is 51.9. The number of nitrogens with zero attached hydrogens (tertiary/aromatic N) is 2. The van der Waals surface area contributed by atoms with E-state index in [0.29, 0.717) is 101 Å². The van der Waals surface area contributed by atoms with E-state index in [1.54, 1.807) is 83.1 Å². The Kier molecular flexibility index (Phi) is 28.5. The maximum Gasteiger partial charge on any atom is 0.330 e. The van der Waals surface area contributed by atoms with E-state index >= 15 is 0 Å². The van der Waals surface area contributed by atoms with Crippen LogP contribution in [0.1, 0.15) is 120 Å². The molecule has 0 bridgehead atoms. The van der Waals surface area contributed by atoms with Crippen molar-refractivity contribution in [1.29, 1.82) is 10.5 Å². The summed E-state index contributed by atoms with van der Waals surface area (Å²) in [6.45, 7) is 14.9. The van der Waals surface area contributed by atoms with Gasteiger partial charge in [0.05, 0.1) is 88.8 Å². The Morgan fingerprint density at radius 1 is 0.489 bits per heavy atom. The molecule has 6 rings (SSSR count). The van der Waals surface area contributed by atoms with Gasteiger partial charge in [0.2, 0.25) is 0 Å². The first-order valence-electron chi connectivity index (χ1n) is 30.1. The Hall–Kier alpha value is -8.78. The second kappa shape index (κ2) is 36.3. The van der Waals surface area contributed by atoms with E-state index in [2.05, 4.69) is 13.2 Å². The SMILES string of the molecule is C=CC(=O)OCC(C)OC(C)COC(=O)CCC(=O)OCCc1ccc(OC(=O)C2CCC(C(=O)Oc3c(C)c(C)c(OC(=O)C4CCC(C(=O)Oc5ccc(CCOC(=O)CCC(=O)OCC(C)OC(=O)C=C)cc5)CC4)c4c3SC(=C(C#N)C#N)S4)CC2)cc1. The van der Waals surface area contributed by atoms with Crippen LogP contribution in [0, 0.1) is 60.2 Å². The molecule has 2 saturated carbocycles. The van der Waals surface area contributed by atoms with Crippen molar-refractivity contribution in [2.75, 3.05) is 33.0 Å². The summed E-state index contributed by atoms with van der Waals surface area (Å²) in [6.07, 6.45) is 3.17. The van der Waals surface area contributed by atoms with Crippen LogP contribution in [0.25, 0.3) is 0 Å². The zero-order valence-corrected chi connectivity index (χ0v) is 53.6. The smallest absolute Gasteiger partial charge is 0.330 e. The van der Waals surface area contributed by atoms with E-state index in [1.165, 1.54) is 0 Å². The summed E-state index contributed by atoms with van der Waals surface area (Å²) >= 11 is 2.14. The van der Waals surface area contributed by atoms with Gasteiger partial charge in [-0.2, -0.15) is 10.5 Å². The Balaban J connectivity index is 0.914. The van der Waals surface area contributed by atoms with Crippen LogP contribution in [-0.4, -0.2) is 111 Å². The van der Waals surface area contributed by atoms with Crippen molar-refractivity contribution < 1.29 is 100 Å². The fourth-order valence-electron chi connectivity index (χ4n) is 9.78. The van der Waals surface area contributed by atoms with Gasteiger partial charge in [-0.3, -0.25) is 38.4 Å². The molecule has 2 aliphatic carbocycles. The van der Waals surface area contributed by atoms with Gasteiger partial charge in [0.25, 0.3) is 0 Å². The minimum atomic E-state index is -0.676. The van der Waals surface area contributed by atoms with E-state index in [1.807, 2.05) is 12.1 Å². The molecule has 25 heteroatoms. The number of carbonyl (C=O) groups excluding carboxylic acids is 10. The predicted octanol–water partition coefficient (Wildman–Crippen LogP) is 9.85. The molecular weight excluding hydrogens is 1230 g/mol. The maximum absolute atomic E-state index is 13.9. The molecule has 0 saturated heterocycles. The van der Waals surface area contributed by atoms with Gasteiger partial charge in [-0.05, 0) is 133 Å². The van der Waals surface area contributed by atoms with Crippen LogP contribution >= 0.6 is 23.5 Å². The van der Waals surface area contributed by atoms with E-state index in [0.717, 1.165) is 46.8 Å². The van der Waals surface area contributed by atoms with Crippen LogP contribution in [0.5, 0.6) is 23.0 Å². The minimum absolute atomic E-state index is 0.0109. The van der Waals surface area contributed by atoms with Crippen molar-refractivity contribution >= 4 is 83.2 Å². The summed E-state index contributed by atoms with van der Waals surface area (Å²) in [6, 6.07) is 17.3. The third kappa shape index (κ3) is 22.6. The first-order valence-corrected chi connectivity index (χ1v) is 31.7. The molecule has 3 aromatic rings. The molecule has 0 radical (unpaired) electrons. The van der Waals surface area contributed by atoms with Crippen LogP contribution in [0.15, 0.2) is 93.4 Å². The van der Waals surface area contributed by atoms with Crippen molar-refractivity contribution in [2.24, 2.45) is 23.7 Å². The molecule has 490 valence electrons. The first kappa shape index (κ1) is 72.3. The van der Waals surface area contributed by atoms with Crippen molar-refractivity contribution in [1.82, 2.24) is 0 Å². The van der Waals surface area contributed by atoms with E-state index < -0.39 is 102 Å². The highest BCUT2D eigenvalue weighted by atomic mass is 32.2. The van der Waals surface area contributed by atoms with Crippen LogP contribution in [-0.2, 0) is 93.9 Å². The van der Waals surface area contributed by atoms with Crippen LogP contribution in [0.3, 0.4) is 0 Å². The van der Waals surface area contributed by atoms with Crippen molar-refractivity contribution in [3.05, 3.63) is 106 Å². The number of esters is 10. The van der Waals surface area contributed by atoms with Crippen molar-refractivity contribution in [3.63, 3.8) is 0 Å². The highest BCUT2D eigenvalue weighted by molar-refractivity contribution is 8.24. The number of hydrogen-bond donors (Lipinski definition) is 0. The summed E-state index contributed by atoms with van der Waals surface area (Å²) in [5, 5.41) is 19.6. The lowest BCUT2D eigenvalue weighted by molar-refractivity contribution is -0.156. The molecule has 0 amide bonds. The van der Waals surface area contributed by atoms with E-state index in [9.17, 15) is 58.5 Å². The van der Waals surface area contributed by atoms with Gasteiger partial charge in [-0.25, -0.2) is 9.59 Å². The number of ether oxygens (including phenoxy) is 11. The number of hydrogen-bond acceptors (Lipinski definition) is 25. The van der Waals surface area contributed by atoms with E-state index in [4.69, 9.17) is 52.1 Å². The summed E-state index contributed by atoms with van der Waals surface area (Å²) in [4.78, 5) is 126. The molecular formula is C67H74N2O21S2. The van der Waals surface area contributed by atoms with Gasteiger partial charge in [0.1, 0.15) is 66.6 Å². The van der Waals surface area contributed by atoms with Gasteiger partial charge >= 0.3 is 59.7 Å². The standard InChI is InChI=1S/C67H74N2O21S2/c1-8-53(70)82-36-39(3)85-40(4)37-83-57(74)28-26-55(72)80-32-30-44-10-22-51(23-11-44)87-63(76)46-14-18-48(19-15-46)65(78)89-59-42(6)43(7)60(62-61(59)91-67(92-62)50(34-68)35-69)90-66(79)49-20-16-47(17-21-49)64(77)88-52-24-12-45(13-25-52)31-33-81-56(73)27-29-58(75)84-38-41(5)86-54(71)9-2/h8-13,22-25,39-41,46-49H,1-2,14-21,26-33,36-38H2,3-7H3. The van der Waals surface area contributed by atoms with E-state index in [-0.39, 0.29) is 75.8 Å². The molecule has 3 aliphatic rings. The number of nitriles is 2. The Bertz CT molecular complexity index is 3310. The topological polar surface area (TPSA) is 320 Å². The van der Waals surface area contributed by atoms with Crippen LogP contribution in [0.4, 0.5) is 0 Å². The van der Waals surface area contributed by atoms with Gasteiger partial charge in [-0.1, -0.05) is 60.9 Å². The van der Waals surface area contributed by atoms with Gasteiger partial charge in [0.15, 0.2) is 0 Å². The molecule has 0 spiro atoms. The average molecular weight is 1310 g/mol. The quantitative estimate of drug-likeness (QED) is 0.0190. The van der Waals surface area contributed by atoms with Gasteiger partial charge in [-0.15, -0.1) is 0 Å². The second-order valence-corrected chi connectivity index (χ2v) is 24.4. The summed E-state index contributed by atoms with van der Waals surface area (Å²) < 4.78 is 60.2.